The van der Waals surface area contributed by atoms with Gasteiger partial charge >= 0.3 is 0 Å². The van der Waals surface area contributed by atoms with E-state index in [4.69, 9.17) is 0 Å². The van der Waals surface area contributed by atoms with Gasteiger partial charge in [-0.3, -0.25) is 9.59 Å². The van der Waals surface area contributed by atoms with E-state index < -0.39 is 0 Å². The van der Waals surface area contributed by atoms with E-state index in [1.807, 2.05) is 37.4 Å². The van der Waals surface area contributed by atoms with Crippen LogP contribution >= 0.6 is 0 Å². The van der Waals surface area contributed by atoms with Gasteiger partial charge in [0.25, 0.3) is 11.8 Å². The van der Waals surface area contributed by atoms with Gasteiger partial charge in [0.1, 0.15) is 13.1 Å². The van der Waals surface area contributed by atoms with E-state index in [9.17, 15) is 9.59 Å². The smallest absolute Gasteiger partial charge is 0.275 e. The van der Waals surface area contributed by atoms with Crippen molar-refractivity contribution in [2.45, 2.75) is 25.6 Å². The maximum Gasteiger partial charge on any atom is 0.275 e. The molecule has 2 aromatic carbocycles. The minimum absolute atomic E-state index is 0.0865. The first-order valence-corrected chi connectivity index (χ1v) is 10.3. The molecule has 1 aliphatic rings. The number of rotatable bonds is 8. The maximum atomic E-state index is 12.5. The number of hydrogen-bond acceptors (Lipinski definition) is 2. The fraction of sp³-hybridized carbons (Fsp3) is 0.391. The molecule has 1 aliphatic heterocycles. The Bertz CT molecular complexity index is 807. The lowest BCUT2D eigenvalue weighted by atomic mass is 10.1. The topological polar surface area (TPSA) is 67.1 Å². The van der Waals surface area contributed by atoms with Crippen LogP contribution in [0.3, 0.4) is 0 Å². The lowest BCUT2D eigenvalue weighted by Crippen LogP contribution is -3.09. The Morgan fingerprint density at radius 2 is 1.79 bits per heavy atom. The second-order valence-electron chi connectivity index (χ2n) is 8.01. The van der Waals surface area contributed by atoms with Crippen LogP contribution in [0.4, 0.5) is 0 Å². The van der Waals surface area contributed by atoms with Gasteiger partial charge in [-0.15, -0.1) is 0 Å². The Labute approximate surface area is 172 Å². The fourth-order valence-electron chi connectivity index (χ4n) is 3.98. The van der Waals surface area contributed by atoms with Crippen LogP contribution in [0.1, 0.15) is 27.9 Å². The maximum absolute atomic E-state index is 12.5. The van der Waals surface area contributed by atoms with Crippen molar-refractivity contribution in [3.05, 3.63) is 71.3 Å². The molecule has 6 heteroatoms. The Morgan fingerprint density at radius 1 is 1.07 bits per heavy atom. The summed E-state index contributed by atoms with van der Waals surface area (Å²) in [6.07, 6.45) is 1.04. The summed E-state index contributed by atoms with van der Waals surface area (Å²) < 4.78 is 0. The highest BCUT2D eigenvalue weighted by Crippen LogP contribution is 2.03. The molecule has 2 amide bonds. The number of likely N-dealkylation sites (tertiary alicyclic amines) is 1. The third-order valence-corrected chi connectivity index (χ3v) is 5.45. The molecule has 0 aromatic heterocycles. The minimum Gasteiger partial charge on any atom is -0.355 e. The first-order chi connectivity index (χ1) is 14.0. The summed E-state index contributed by atoms with van der Waals surface area (Å²) in [5, 5.41) is 5.83. The average Bonchev–Trinajstić information content (AvgIpc) is 3.15. The number of carbonyl (C=O) groups excluding carboxylic acids is 2. The van der Waals surface area contributed by atoms with Crippen molar-refractivity contribution in [3.8, 4) is 0 Å². The van der Waals surface area contributed by atoms with Gasteiger partial charge in [0, 0.05) is 30.2 Å². The number of carbonyl (C=O) groups is 2. The molecular formula is C23H32N4O2+2. The summed E-state index contributed by atoms with van der Waals surface area (Å²) in [5.41, 5.74) is 3.11. The van der Waals surface area contributed by atoms with Crippen molar-refractivity contribution in [2.24, 2.45) is 0 Å². The van der Waals surface area contributed by atoms with E-state index in [0.29, 0.717) is 12.1 Å². The van der Waals surface area contributed by atoms with Gasteiger partial charge in [0.15, 0.2) is 6.54 Å². The normalized spacial score (nSPS) is 19.5. The van der Waals surface area contributed by atoms with Gasteiger partial charge in [-0.05, 0) is 12.1 Å². The molecule has 0 spiro atoms. The van der Waals surface area contributed by atoms with Crippen LogP contribution in [0.25, 0.3) is 0 Å². The Balaban J connectivity index is 1.40. The predicted octanol–water partition coefficient (Wildman–Crippen LogP) is -0.965. The summed E-state index contributed by atoms with van der Waals surface area (Å²) >= 11 is 0. The molecule has 0 bridgehead atoms. The molecule has 0 aliphatic carbocycles. The van der Waals surface area contributed by atoms with Crippen molar-refractivity contribution in [1.82, 2.24) is 10.6 Å². The molecular weight excluding hydrogens is 364 g/mol. The van der Waals surface area contributed by atoms with Crippen LogP contribution in [0.2, 0.25) is 0 Å². The lowest BCUT2D eigenvalue weighted by molar-refractivity contribution is -0.901. The molecule has 6 nitrogen and oxygen atoms in total. The number of quaternary nitrogens is 2. The molecule has 1 fully saturated rings. The van der Waals surface area contributed by atoms with Crippen molar-refractivity contribution in [2.75, 3.05) is 33.7 Å². The minimum atomic E-state index is -0.0865. The van der Waals surface area contributed by atoms with Crippen LogP contribution in [-0.2, 0) is 17.9 Å². The standard InChI is InChI=1S/C23H30N4O2/c1-24-23(29)20-10-8-19(9-11-20)14-26(2)17-22(28)25-21-12-13-27(16-21)15-18-6-4-3-5-7-18/h3-11,21H,12-17H2,1-2H3,(H,24,29)(H,25,28)/p+2/t21-/m0/s1. The van der Waals surface area contributed by atoms with Crippen molar-refractivity contribution in [1.29, 1.82) is 0 Å². The molecule has 1 saturated heterocycles. The molecule has 3 atom stereocenters. The van der Waals surface area contributed by atoms with Gasteiger partial charge < -0.3 is 20.4 Å². The third kappa shape index (κ3) is 6.41. The van der Waals surface area contributed by atoms with E-state index in [0.717, 1.165) is 43.1 Å². The quantitative estimate of drug-likeness (QED) is 0.464. The van der Waals surface area contributed by atoms with Crippen LogP contribution in [0, 0.1) is 0 Å². The molecule has 3 rings (SSSR count). The van der Waals surface area contributed by atoms with Gasteiger partial charge in [-0.25, -0.2) is 0 Å². The zero-order valence-corrected chi connectivity index (χ0v) is 17.3. The molecule has 4 N–H and O–H groups in total. The van der Waals surface area contributed by atoms with E-state index in [1.165, 1.54) is 10.5 Å². The highest BCUT2D eigenvalue weighted by atomic mass is 16.2. The van der Waals surface area contributed by atoms with Crippen molar-refractivity contribution < 1.29 is 19.4 Å². The van der Waals surface area contributed by atoms with Crippen molar-refractivity contribution in [3.63, 3.8) is 0 Å². The van der Waals surface area contributed by atoms with Crippen LogP contribution < -0.4 is 20.4 Å². The van der Waals surface area contributed by atoms with Crippen LogP contribution in [-0.4, -0.2) is 51.6 Å². The Hall–Kier alpha value is -2.70. The third-order valence-electron chi connectivity index (χ3n) is 5.45. The van der Waals surface area contributed by atoms with Crippen LogP contribution in [0.5, 0.6) is 0 Å². The lowest BCUT2D eigenvalue weighted by Gasteiger charge is -2.17. The Morgan fingerprint density at radius 3 is 2.48 bits per heavy atom. The fourth-order valence-corrected chi connectivity index (χ4v) is 3.98. The molecule has 154 valence electrons. The first-order valence-electron chi connectivity index (χ1n) is 10.3. The Kier molecular flexibility index (Phi) is 7.38. The molecule has 0 saturated carbocycles. The number of benzene rings is 2. The molecule has 1 heterocycles. The molecule has 29 heavy (non-hydrogen) atoms. The first kappa shape index (κ1) is 21.0. The highest BCUT2D eigenvalue weighted by Gasteiger charge is 2.28. The molecule has 2 aromatic rings. The van der Waals surface area contributed by atoms with Gasteiger partial charge in [-0.1, -0.05) is 42.5 Å². The predicted molar refractivity (Wildman–Crippen MR) is 113 cm³/mol. The largest absolute Gasteiger partial charge is 0.355 e. The van der Waals surface area contributed by atoms with E-state index >= 15 is 0 Å². The number of hydrogen-bond donors (Lipinski definition) is 4. The number of nitrogens with one attached hydrogen (secondary N) is 4. The zero-order valence-electron chi connectivity index (χ0n) is 17.3. The van der Waals surface area contributed by atoms with Crippen molar-refractivity contribution >= 4 is 11.8 Å². The van der Waals surface area contributed by atoms with Gasteiger partial charge in [0.05, 0.1) is 26.2 Å². The zero-order chi connectivity index (χ0) is 20.6. The number of amides is 2. The van der Waals surface area contributed by atoms with E-state index in [2.05, 4.69) is 34.9 Å². The second kappa shape index (κ2) is 10.2. The summed E-state index contributed by atoms with van der Waals surface area (Å²) in [7, 11) is 3.65. The highest BCUT2D eigenvalue weighted by molar-refractivity contribution is 5.93. The van der Waals surface area contributed by atoms with Gasteiger partial charge in [-0.2, -0.15) is 0 Å². The molecule has 2 unspecified atom stereocenters. The van der Waals surface area contributed by atoms with Crippen LogP contribution in [0.15, 0.2) is 54.6 Å². The average molecular weight is 397 g/mol. The SMILES string of the molecule is CNC(=O)c1ccc(C[NH+](C)CC(=O)N[C@H]2CC[NH+](Cc3ccccc3)C2)cc1. The van der Waals surface area contributed by atoms with E-state index in [-0.39, 0.29) is 17.9 Å². The summed E-state index contributed by atoms with van der Waals surface area (Å²) in [6.45, 7) is 4.30. The van der Waals surface area contributed by atoms with Gasteiger partial charge in [0.2, 0.25) is 0 Å². The summed E-state index contributed by atoms with van der Waals surface area (Å²) in [4.78, 5) is 26.7. The second-order valence-corrected chi connectivity index (χ2v) is 8.01. The monoisotopic (exact) mass is 396 g/mol. The summed E-state index contributed by atoms with van der Waals surface area (Å²) in [5.74, 6) is 0.0204. The molecule has 0 radical (unpaired) electrons. The van der Waals surface area contributed by atoms with E-state index in [1.54, 1.807) is 7.05 Å². The summed E-state index contributed by atoms with van der Waals surface area (Å²) in [6, 6.07) is 18.3. The number of likely N-dealkylation sites (N-methyl/N-ethyl adjacent to an activating group) is 1.